The molecule has 0 fully saturated rings. The molecule has 0 saturated carbocycles. The molecule has 1 atom stereocenters. The summed E-state index contributed by atoms with van der Waals surface area (Å²) in [5.41, 5.74) is 1.19. The van der Waals surface area contributed by atoms with Crippen LogP contribution in [-0.4, -0.2) is 17.9 Å². The summed E-state index contributed by atoms with van der Waals surface area (Å²) in [5.74, 6) is -0.289. The largest absolute Gasteiger partial charge is 1.00 e. The Labute approximate surface area is 250 Å². The van der Waals surface area contributed by atoms with Crippen LogP contribution in [0.25, 0.3) is 0 Å². The quantitative estimate of drug-likeness (QED) is 0.193. The van der Waals surface area contributed by atoms with Crippen LogP contribution >= 0.6 is 15.2 Å². The molecule has 14 heteroatoms. The van der Waals surface area contributed by atoms with Gasteiger partial charge in [-0.25, -0.2) is 0 Å². The summed E-state index contributed by atoms with van der Waals surface area (Å²) in [7, 11) is -11.1. The van der Waals surface area contributed by atoms with Gasteiger partial charge in [0.1, 0.15) is 0 Å². The van der Waals surface area contributed by atoms with E-state index in [1.807, 2.05) is 20.8 Å². The Morgan fingerprint density at radius 1 is 0.963 bits per heavy atom. The van der Waals surface area contributed by atoms with Gasteiger partial charge in [0, 0.05) is 18.4 Å². The summed E-state index contributed by atoms with van der Waals surface area (Å²) in [5, 5.41) is -0.187. The molecule has 0 radical (unpaired) electrons. The fraction of sp³-hybridized carbons (Fsp3) is 0.769. The SMILES string of the molecule is CC(C)=CCC[C@@H](C)CC(=O)NCCC(P(=O)([O-])[O-])P(=O)([O-])[O-].[Na+].[Na+].[Na+].[Na+]. The van der Waals surface area contributed by atoms with Gasteiger partial charge in [0.05, 0.1) is 0 Å². The van der Waals surface area contributed by atoms with Crippen LogP contribution in [0, 0.1) is 5.92 Å². The summed E-state index contributed by atoms with van der Waals surface area (Å²) < 4.78 is 21.6. The van der Waals surface area contributed by atoms with Gasteiger partial charge in [0.2, 0.25) is 5.91 Å². The Bertz CT molecular complexity index is 499. The topological polar surface area (TPSA) is 155 Å². The van der Waals surface area contributed by atoms with Crippen molar-refractivity contribution in [2.24, 2.45) is 5.92 Å². The molecule has 0 spiro atoms. The Morgan fingerprint density at radius 2 is 1.41 bits per heavy atom. The molecule has 0 aromatic rings. The third-order valence-corrected chi connectivity index (χ3v) is 6.87. The second-order valence-corrected chi connectivity index (χ2v) is 9.68. The van der Waals surface area contributed by atoms with Crippen LogP contribution in [0.3, 0.4) is 0 Å². The number of nitrogens with one attached hydrogen (secondary N) is 1. The fourth-order valence-corrected chi connectivity index (χ4v) is 4.25. The van der Waals surface area contributed by atoms with Gasteiger partial charge in [-0.1, -0.05) is 33.8 Å². The number of carbonyl (C=O) groups is 1. The molecule has 0 aliphatic carbocycles. The Balaban J connectivity index is -0.000000403. The van der Waals surface area contributed by atoms with Gasteiger partial charge < -0.3 is 34.0 Å². The average molecular weight is 459 g/mol. The maximum absolute atomic E-state index is 11.7. The van der Waals surface area contributed by atoms with Gasteiger partial charge in [-0.3, -0.25) is 4.79 Å². The molecule has 27 heavy (non-hydrogen) atoms. The normalized spacial score (nSPS) is 11.7. The minimum atomic E-state index is -5.56. The van der Waals surface area contributed by atoms with E-state index in [9.17, 15) is 33.5 Å². The van der Waals surface area contributed by atoms with Gasteiger partial charge >= 0.3 is 118 Å². The van der Waals surface area contributed by atoms with Crippen LogP contribution in [0.15, 0.2) is 11.6 Å². The zero-order valence-corrected chi connectivity index (χ0v) is 27.3. The molecule has 0 aromatic heterocycles. The smallest absolute Gasteiger partial charge is 0.810 e. The first-order valence-corrected chi connectivity index (χ1v) is 10.5. The number of hydrogen-bond donors (Lipinski definition) is 1. The van der Waals surface area contributed by atoms with Crippen molar-refractivity contribution in [1.82, 2.24) is 5.32 Å². The van der Waals surface area contributed by atoms with Crippen LogP contribution in [0.5, 0.6) is 0 Å². The molecule has 8 nitrogen and oxygen atoms in total. The molecule has 136 valence electrons. The van der Waals surface area contributed by atoms with E-state index in [1.54, 1.807) is 0 Å². The zero-order valence-electron chi connectivity index (χ0n) is 17.5. The van der Waals surface area contributed by atoms with Crippen molar-refractivity contribution < 1.29 is 152 Å². The van der Waals surface area contributed by atoms with Crippen molar-refractivity contribution in [3.63, 3.8) is 0 Å². The number of rotatable bonds is 10. The van der Waals surface area contributed by atoms with Crippen LogP contribution in [-0.2, 0) is 13.9 Å². The third kappa shape index (κ3) is 22.5. The molecule has 0 unspecified atom stereocenters. The van der Waals surface area contributed by atoms with Gasteiger partial charge in [0.15, 0.2) is 0 Å². The molecule has 0 rings (SSSR count). The number of allylic oxidation sites excluding steroid dienone is 2. The number of hydrogen-bond acceptors (Lipinski definition) is 7. The fourth-order valence-electron chi connectivity index (χ4n) is 1.98. The summed E-state index contributed by atoms with van der Waals surface area (Å²) in [6.45, 7) is 5.48. The zero-order chi connectivity index (χ0) is 18.3. The van der Waals surface area contributed by atoms with Crippen molar-refractivity contribution in [3.8, 4) is 0 Å². The van der Waals surface area contributed by atoms with Crippen LogP contribution in [0.2, 0.25) is 0 Å². The van der Waals surface area contributed by atoms with Crippen LogP contribution < -0.4 is 143 Å². The summed E-state index contributed by atoms with van der Waals surface area (Å²) in [6.07, 6.45) is 3.16. The molecule has 1 amide bonds. The number of amides is 1. The molecule has 0 heterocycles. The second kappa shape index (κ2) is 20.1. The average Bonchev–Trinajstić information content (AvgIpc) is 2.30. The van der Waals surface area contributed by atoms with Gasteiger partial charge in [-0.05, 0) is 39.0 Å². The standard InChI is InChI=1S/C13H27NO7P2.4Na/c1-10(2)5-4-6-11(3)9-12(15)14-8-7-13(22(16,17)18)23(19,20)21;;;;/h5,11,13H,4,6-9H2,1-3H3,(H,14,15)(H2,16,17,18)(H2,19,20,21);;;;/q;4*+1/p-4/t11-;;;;/m1..../s1. The van der Waals surface area contributed by atoms with Crippen molar-refractivity contribution in [3.05, 3.63) is 11.6 Å². The minimum Gasteiger partial charge on any atom is -0.810 e. The van der Waals surface area contributed by atoms with E-state index in [0.717, 1.165) is 12.8 Å². The molecular weight excluding hydrogens is 436 g/mol. The molecule has 0 bridgehead atoms. The van der Waals surface area contributed by atoms with E-state index < -0.39 is 27.0 Å². The minimum absolute atomic E-state index is 0. The van der Waals surface area contributed by atoms with Crippen molar-refractivity contribution >= 4 is 21.1 Å². The first-order chi connectivity index (χ1) is 10.3. The second-order valence-electron chi connectivity index (χ2n) is 5.87. The van der Waals surface area contributed by atoms with Gasteiger partial charge in [-0.2, -0.15) is 0 Å². The Kier molecular flexibility index (Phi) is 30.5. The third-order valence-electron chi connectivity index (χ3n) is 3.20. The molecule has 0 aliphatic heterocycles. The monoisotopic (exact) mass is 459 g/mol. The van der Waals surface area contributed by atoms with Crippen molar-refractivity contribution in [2.45, 2.75) is 51.9 Å². The van der Waals surface area contributed by atoms with E-state index in [-0.39, 0.29) is 143 Å². The van der Waals surface area contributed by atoms with E-state index in [4.69, 9.17) is 0 Å². The summed E-state index contributed by atoms with van der Waals surface area (Å²) in [4.78, 5) is 54.8. The first-order valence-electron chi connectivity index (χ1n) is 7.27. The van der Waals surface area contributed by atoms with E-state index in [0.29, 0.717) is 0 Å². The maximum Gasteiger partial charge on any atom is 1.00 e. The van der Waals surface area contributed by atoms with E-state index in [2.05, 4.69) is 11.4 Å². The Morgan fingerprint density at radius 3 is 1.78 bits per heavy atom. The molecule has 0 aliphatic rings. The molecule has 0 aromatic carbocycles. The van der Waals surface area contributed by atoms with Gasteiger partial charge in [-0.15, -0.1) is 0 Å². The van der Waals surface area contributed by atoms with Gasteiger partial charge in [0.25, 0.3) is 0 Å². The predicted octanol–water partition coefficient (Wildman–Crippen LogP) is -12.6. The van der Waals surface area contributed by atoms with Crippen LogP contribution in [0.4, 0.5) is 0 Å². The van der Waals surface area contributed by atoms with Crippen molar-refractivity contribution in [1.29, 1.82) is 0 Å². The molecular formula is C13H23NNa4O7P2. The maximum atomic E-state index is 11.7. The first kappa shape index (κ1) is 40.8. The number of carbonyl (C=O) groups excluding carboxylic acids is 1. The van der Waals surface area contributed by atoms with Crippen LogP contribution in [0.1, 0.15) is 46.5 Å². The molecule has 0 saturated heterocycles. The Hall–Kier alpha value is 3.51. The van der Waals surface area contributed by atoms with E-state index in [1.165, 1.54) is 5.57 Å². The summed E-state index contributed by atoms with van der Waals surface area (Å²) >= 11 is 0. The molecule has 1 N–H and O–H groups in total. The van der Waals surface area contributed by atoms with Crippen molar-refractivity contribution in [2.75, 3.05) is 6.54 Å². The van der Waals surface area contributed by atoms with E-state index >= 15 is 0 Å². The predicted molar refractivity (Wildman–Crippen MR) is 79.1 cm³/mol. The summed E-state index contributed by atoms with van der Waals surface area (Å²) in [6, 6.07) is 0.